The maximum Gasteiger partial charge on any atom is 0.416 e. The van der Waals surface area contributed by atoms with Gasteiger partial charge >= 0.3 is 6.18 Å². The van der Waals surface area contributed by atoms with Gasteiger partial charge in [0, 0.05) is 42.6 Å². The molecule has 31 heavy (non-hydrogen) atoms. The van der Waals surface area contributed by atoms with Crippen molar-refractivity contribution in [1.29, 1.82) is 0 Å². The molecule has 5 rings (SSSR count). The van der Waals surface area contributed by atoms with E-state index in [2.05, 4.69) is 4.98 Å². The van der Waals surface area contributed by atoms with E-state index >= 15 is 0 Å². The number of amides is 1. The van der Waals surface area contributed by atoms with Gasteiger partial charge in [0.15, 0.2) is 0 Å². The third-order valence-corrected chi connectivity index (χ3v) is 6.56. The Morgan fingerprint density at radius 2 is 1.68 bits per heavy atom. The number of nitrogens with zero attached hydrogens (tertiary/aromatic N) is 3. The zero-order chi connectivity index (χ0) is 21.6. The normalized spacial score (nSPS) is 15.1. The first-order valence-corrected chi connectivity index (χ1v) is 10.7. The summed E-state index contributed by atoms with van der Waals surface area (Å²) in [5.74, 6) is -0.0595. The van der Waals surface area contributed by atoms with E-state index in [1.807, 2.05) is 41.3 Å². The molecule has 1 fully saturated rings. The Hall–Kier alpha value is -3.13. The van der Waals surface area contributed by atoms with E-state index in [-0.39, 0.29) is 5.91 Å². The van der Waals surface area contributed by atoms with Crippen molar-refractivity contribution >= 4 is 44.1 Å². The minimum Gasteiger partial charge on any atom is -0.368 e. The lowest BCUT2D eigenvalue weighted by molar-refractivity contribution is -0.137. The number of rotatable bonds is 2. The van der Waals surface area contributed by atoms with Gasteiger partial charge in [-0.3, -0.25) is 4.79 Å². The van der Waals surface area contributed by atoms with Crippen molar-refractivity contribution in [3.05, 3.63) is 71.1 Å². The summed E-state index contributed by atoms with van der Waals surface area (Å²) in [6.45, 7) is 1.89. The molecular weight excluding hydrogens is 423 g/mol. The number of thiophene rings is 1. The summed E-state index contributed by atoms with van der Waals surface area (Å²) in [6.07, 6.45) is -4.37. The Balaban J connectivity index is 1.31. The lowest BCUT2D eigenvalue weighted by Gasteiger charge is -2.36. The summed E-state index contributed by atoms with van der Waals surface area (Å²) in [7, 11) is 0. The standard InChI is InChI=1S/C23H18F3N3OS/c24-23(25,26)17-5-3-6-18(14-17)28-8-10-29(11-9-28)22(30)20-13-16-12-15-4-1-2-7-19(15)27-21(16)31-20/h1-7,12-14H,8-11H2. The maximum absolute atomic E-state index is 13.0. The second-order valence-electron chi connectivity index (χ2n) is 7.51. The van der Waals surface area contributed by atoms with Crippen LogP contribution >= 0.6 is 11.3 Å². The molecule has 0 atom stereocenters. The fourth-order valence-electron chi connectivity index (χ4n) is 3.88. The molecule has 1 amide bonds. The van der Waals surface area contributed by atoms with Crippen molar-refractivity contribution in [2.24, 2.45) is 0 Å². The molecule has 4 aromatic rings. The molecule has 0 bridgehead atoms. The Morgan fingerprint density at radius 1 is 0.903 bits per heavy atom. The zero-order valence-electron chi connectivity index (χ0n) is 16.4. The molecule has 0 spiro atoms. The first kappa shape index (κ1) is 19.8. The number of halogens is 3. The average Bonchev–Trinajstić information content (AvgIpc) is 3.19. The fraction of sp³-hybridized carbons (Fsp3) is 0.217. The predicted octanol–water partition coefficient (Wildman–Crippen LogP) is 5.43. The third-order valence-electron chi connectivity index (χ3n) is 5.53. The molecule has 4 nitrogen and oxygen atoms in total. The monoisotopic (exact) mass is 441 g/mol. The average molecular weight is 441 g/mol. The van der Waals surface area contributed by atoms with Crippen LogP contribution in [0.15, 0.2) is 60.7 Å². The van der Waals surface area contributed by atoms with Crippen LogP contribution < -0.4 is 4.90 Å². The number of anilines is 1. The van der Waals surface area contributed by atoms with Crippen molar-refractivity contribution in [1.82, 2.24) is 9.88 Å². The molecular formula is C23H18F3N3OS. The van der Waals surface area contributed by atoms with Gasteiger partial charge in [-0.25, -0.2) is 4.98 Å². The summed E-state index contributed by atoms with van der Waals surface area (Å²) < 4.78 is 39.0. The first-order chi connectivity index (χ1) is 14.9. The Morgan fingerprint density at radius 3 is 2.45 bits per heavy atom. The number of para-hydroxylation sites is 1. The van der Waals surface area contributed by atoms with E-state index in [1.54, 1.807) is 11.0 Å². The smallest absolute Gasteiger partial charge is 0.368 e. The van der Waals surface area contributed by atoms with Gasteiger partial charge in [-0.1, -0.05) is 24.3 Å². The van der Waals surface area contributed by atoms with Crippen molar-refractivity contribution in [2.45, 2.75) is 6.18 Å². The van der Waals surface area contributed by atoms with E-state index in [1.165, 1.54) is 23.5 Å². The third kappa shape index (κ3) is 3.83. The lowest BCUT2D eigenvalue weighted by Crippen LogP contribution is -2.48. The van der Waals surface area contributed by atoms with Gasteiger partial charge in [-0.15, -0.1) is 11.3 Å². The summed E-state index contributed by atoms with van der Waals surface area (Å²) in [5, 5.41) is 1.97. The van der Waals surface area contributed by atoms with Crippen LogP contribution in [0.3, 0.4) is 0 Å². The van der Waals surface area contributed by atoms with Gasteiger partial charge in [-0.05, 0) is 36.4 Å². The number of carbonyl (C=O) groups is 1. The van der Waals surface area contributed by atoms with Crippen LogP contribution in [-0.4, -0.2) is 42.0 Å². The van der Waals surface area contributed by atoms with E-state index < -0.39 is 11.7 Å². The molecule has 2 aromatic carbocycles. The van der Waals surface area contributed by atoms with E-state index in [0.717, 1.165) is 27.2 Å². The summed E-state index contributed by atoms with van der Waals surface area (Å²) >= 11 is 1.37. The molecule has 1 saturated heterocycles. The minimum atomic E-state index is -4.37. The number of benzene rings is 2. The molecule has 1 aliphatic rings. The van der Waals surface area contributed by atoms with Crippen molar-refractivity contribution in [3.8, 4) is 0 Å². The van der Waals surface area contributed by atoms with Crippen LogP contribution in [0.25, 0.3) is 21.1 Å². The van der Waals surface area contributed by atoms with Crippen LogP contribution in [0.5, 0.6) is 0 Å². The lowest BCUT2D eigenvalue weighted by atomic mass is 10.1. The van der Waals surface area contributed by atoms with Gasteiger partial charge in [0.1, 0.15) is 4.83 Å². The Bertz CT molecular complexity index is 1220. The van der Waals surface area contributed by atoms with Gasteiger partial charge in [0.2, 0.25) is 0 Å². The van der Waals surface area contributed by atoms with Crippen LogP contribution in [0.1, 0.15) is 15.2 Å². The van der Waals surface area contributed by atoms with E-state index in [9.17, 15) is 18.0 Å². The minimum absolute atomic E-state index is 0.0595. The summed E-state index contributed by atoms with van der Waals surface area (Å²) in [5.41, 5.74) is 0.763. The molecule has 0 unspecified atom stereocenters. The van der Waals surface area contributed by atoms with E-state index in [4.69, 9.17) is 0 Å². The first-order valence-electron chi connectivity index (χ1n) is 9.89. The molecule has 0 saturated carbocycles. The molecule has 0 N–H and O–H groups in total. The van der Waals surface area contributed by atoms with Crippen molar-refractivity contribution in [3.63, 3.8) is 0 Å². The number of pyridine rings is 1. The summed E-state index contributed by atoms with van der Waals surface area (Å²) in [6, 6.07) is 17.1. The van der Waals surface area contributed by atoms with Crippen molar-refractivity contribution in [2.75, 3.05) is 31.1 Å². The molecule has 8 heteroatoms. The topological polar surface area (TPSA) is 36.4 Å². The molecule has 1 aliphatic heterocycles. The highest BCUT2D eigenvalue weighted by Crippen LogP contribution is 2.32. The number of carbonyl (C=O) groups excluding carboxylic acids is 1. The number of aromatic nitrogens is 1. The molecule has 0 aliphatic carbocycles. The number of piperazine rings is 1. The number of hydrogen-bond acceptors (Lipinski definition) is 4. The van der Waals surface area contributed by atoms with E-state index in [0.29, 0.717) is 36.7 Å². The maximum atomic E-state index is 13.0. The predicted molar refractivity (Wildman–Crippen MR) is 117 cm³/mol. The number of alkyl halides is 3. The van der Waals surface area contributed by atoms with Gasteiger partial charge in [0.25, 0.3) is 5.91 Å². The second kappa shape index (κ2) is 7.53. The largest absolute Gasteiger partial charge is 0.416 e. The SMILES string of the molecule is O=C(c1cc2cc3ccccc3nc2s1)N1CCN(c2cccc(C(F)(F)F)c2)CC1. The fourth-order valence-corrected chi connectivity index (χ4v) is 4.87. The highest BCUT2D eigenvalue weighted by molar-refractivity contribution is 7.20. The molecule has 158 valence electrons. The van der Waals surface area contributed by atoms with Crippen molar-refractivity contribution < 1.29 is 18.0 Å². The summed E-state index contributed by atoms with van der Waals surface area (Å²) in [4.78, 5) is 22.8. The molecule has 0 radical (unpaired) electrons. The van der Waals surface area contributed by atoms with Crippen LogP contribution in [-0.2, 0) is 6.18 Å². The highest BCUT2D eigenvalue weighted by Gasteiger charge is 2.31. The highest BCUT2D eigenvalue weighted by atomic mass is 32.1. The molecule has 3 heterocycles. The van der Waals surface area contributed by atoms with Gasteiger partial charge in [-0.2, -0.15) is 13.2 Å². The molecule has 2 aromatic heterocycles. The van der Waals surface area contributed by atoms with Crippen LogP contribution in [0, 0.1) is 0 Å². The number of hydrogen-bond donors (Lipinski definition) is 0. The van der Waals surface area contributed by atoms with Gasteiger partial charge < -0.3 is 9.80 Å². The Kier molecular flexibility index (Phi) is 4.81. The number of fused-ring (bicyclic) bond motifs is 2. The quantitative estimate of drug-likeness (QED) is 0.416. The van der Waals surface area contributed by atoms with Gasteiger partial charge in [0.05, 0.1) is 16.0 Å². The Labute approximate surface area is 180 Å². The second-order valence-corrected chi connectivity index (χ2v) is 8.54. The van der Waals surface area contributed by atoms with Crippen LogP contribution in [0.2, 0.25) is 0 Å². The zero-order valence-corrected chi connectivity index (χ0v) is 17.2. The van der Waals surface area contributed by atoms with Crippen LogP contribution in [0.4, 0.5) is 18.9 Å².